The van der Waals surface area contributed by atoms with Crippen LogP contribution in [0.2, 0.25) is 0 Å². The van der Waals surface area contributed by atoms with Crippen molar-refractivity contribution >= 4 is 11.6 Å². The number of hydrogen-bond donors (Lipinski definition) is 0. The van der Waals surface area contributed by atoms with Gasteiger partial charge in [-0.25, -0.2) is 5.01 Å². The summed E-state index contributed by atoms with van der Waals surface area (Å²) in [6.07, 6.45) is 0.685. The van der Waals surface area contributed by atoms with Gasteiger partial charge in [-0.1, -0.05) is 24.3 Å². The number of rotatable bonds is 2. The third-order valence-corrected chi connectivity index (χ3v) is 4.49. The fourth-order valence-electron chi connectivity index (χ4n) is 3.25. The number of nitrogens with zero attached hydrogens (tertiary/aromatic N) is 2. The van der Waals surface area contributed by atoms with E-state index in [1.54, 1.807) is 11.9 Å². The van der Waals surface area contributed by atoms with E-state index in [-0.39, 0.29) is 18.7 Å². The van der Waals surface area contributed by atoms with Crippen molar-refractivity contribution in [1.29, 1.82) is 0 Å². The Morgan fingerprint density at radius 3 is 2.75 bits per heavy atom. The number of fused-ring (bicyclic) bond motifs is 1. The molecule has 2 aromatic rings. The molecule has 2 aliphatic rings. The first-order valence-electron chi connectivity index (χ1n) is 7.96. The Balaban J connectivity index is 1.70. The van der Waals surface area contributed by atoms with Crippen LogP contribution in [0, 0.1) is 6.92 Å². The topological polar surface area (TPSA) is 51.1 Å². The molecule has 1 atom stereocenters. The molecule has 5 nitrogen and oxygen atoms in total. The molecule has 2 aliphatic heterocycles. The molecule has 0 fully saturated rings. The van der Waals surface area contributed by atoms with Crippen LogP contribution in [0.15, 0.2) is 47.6 Å². The lowest BCUT2D eigenvalue weighted by Crippen LogP contribution is -2.24. The summed E-state index contributed by atoms with van der Waals surface area (Å²) in [5, 5.41) is 6.17. The molecule has 2 heterocycles. The molecule has 24 heavy (non-hydrogen) atoms. The lowest BCUT2D eigenvalue weighted by atomic mass is 9.95. The first-order valence-corrected chi connectivity index (χ1v) is 7.96. The first-order chi connectivity index (χ1) is 11.6. The van der Waals surface area contributed by atoms with Crippen molar-refractivity contribution in [3.05, 3.63) is 59.2 Å². The van der Waals surface area contributed by atoms with E-state index < -0.39 is 0 Å². The fraction of sp³-hybridized carbons (Fsp3) is 0.263. The number of hydrazone groups is 1. The molecule has 122 valence electrons. The van der Waals surface area contributed by atoms with Crippen LogP contribution in [-0.2, 0) is 4.79 Å². The monoisotopic (exact) mass is 322 g/mol. The number of carbonyl (C=O) groups is 1. The average molecular weight is 322 g/mol. The molecule has 2 aromatic carbocycles. The maximum absolute atomic E-state index is 12.1. The van der Waals surface area contributed by atoms with Gasteiger partial charge in [-0.3, -0.25) is 4.79 Å². The Bertz CT molecular complexity index is 844. The second-order valence-corrected chi connectivity index (χ2v) is 6.05. The van der Waals surface area contributed by atoms with Crippen LogP contribution < -0.4 is 9.47 Å². The second kappa shape index (κ2) is 5.67. The number of carbonyl (C=O) groups excluding carboxylic acids is 1. The zero-order valence-electron chi connectivity index (χ0n) is 13.7. The Hall–Kier alpha value is -2.82. The highest BCUT2D eigenvalue weighted by molar-refractivity contribution is 6.03. The number of hydrogen-bond acceptors (Lipinski definition) is 4. The molecule has 0 unspecified atom stereocenters. The number of amides is 1. The van der Waals surface area contributed by atoms with Crippen molar-refractivity contribution in [2.45, 2.75) is 26.3 Å². The van der Waals surface area contributed by atoms with Crippen molar-refractivity contribution in [2.75, 3.05) is 6.79 Å². The van der Waals surface area contributed by atoms with Crippen molar-refractivity contribution in [3.8, 4) is 11.5 Å². The van der Waals surface area contributed by atoms with Crippen molar-refractivity contribution in [3.63, 3.8) is 0 Å². The van der Waals surface area contributed by atoms with Crippen LogP contribution in [-0.4, -0.2) is 23.4 Å². The molecular weight excluding hydrogens is 304 g/mol. The van der Waals surface area contributed by atoms with Crippen molar-refractivity contribution in [2.24, 2.45) is 5.10 Å². The van der Waals surface area contributed by atoms with E-state index in [0.29, 0.717) is 6.42 Å². The summed E-state index contributed by atoms with van der Waals surface area (Å²) >= 11 is 0. The lowest BCUT2D eigenvalue weighted by Gasteiger charge is -2.22. The van der Waals surface area contributed by atoms with Crippen LogP contribution in [0.3, 0.4) is 0 Å². The van der Waals surface area contributed by atoms with Crippen molar-refractivity contribution in [1.82, 2.24) is 5.01 Å². The minimum absolute atomic E-state index is 0.0565. The predicted octanol–water partition coefficient (Wildman–Crippen LogP) is 3.42. The van der Waals surface area contributed by atoms with Gasteiger partial charge in [0.1, 0.15) is 0 Å². The normalized spacial score (nSPS) is 18.7. The Kier molecular flexibility index (Phi) is 3.49. The molecule has 0 spiro atoms. The lowest BCUT2D eigenvalue weighted by molar-refractivity contribution is -0.130. The van der Waals surface area contributed by atoms with E-state index in [0.717, 1.165) is 33.9 Å². The van der Waals surface area contributed by atoms with Gasteiger partial charge in [0.25, 0.3) is 0 Å². The van der Waals surface area contributed by atoms with E-state index in [1.807, 2.05) is 30.3 Å². The van der Waals surface area contributed by atoms with Gasteiger partial charge in [-0.15, -0.1) is 0 Å². The van der Waals surface area contributed by atoms with Crippen molar-refractivity contribution < 1.29 is 14.3 Å². The number of ether oxygens (including phenoxy) is 2. The molecule has 0 aromatic heterocycles. The Morgan fingerprint density at radius 1 is 1.17 bits per heavy atom. The van der Waals surface area contributed by atoms with E-state index >= 15 is 0 Å². The molecule has 0 saturated carbocycles. The third kappa shape index (κ3) is 2.42. The van der Waals surface area contributed by atoms with Crippen LogP contribution in [0.5, 0.6) is 11.5 Å². The highest BCUT2D eigenvalue weighted by Crippen LogP contribution is 2.37. The van der Waals surface area contributed by atoms with E-state index in [2.05, 4.69) is 24.2 Å². The second-order valence-electron chi connectivity index (χ2n) is 6.05. The number of benzene rings is 2. The summed E-state index contributed by atoms with van der Waals surface area (Å²) in [7, 11) is 0. The van der Waals surface area contributed by atoms with Gasteiger partial charge in [0.2, 0.25) is 12.7 Å². The molecule has 4 rings (SSSR count). The van der Waals surface area contributed by atoms with Gasteiger partial charge in [0, 0.05) is 18.9 Å². The van der Waals surface area contributed by atoms with Crippen LogP contribution in [0.4, 0.5) is 0 Å². The van der Waals surface area contributed by atoms with Gasteiger partial charge in [0.05, 0.1) is 11.8 Å². The van der Waals surface area contributed by atoms with Crippen LogP contribution >= 0.6 is 0 Å². The fourth-order valence-corrected chi connectivity index (χ4v) is 3.25. The molecule has 5 heteroatoms. The maximum Gasteiger partial charge on any atom is 0.240 e. The smallest absolute Gasteiger partial charge is 0.240 e. The SMILES string of the molecule is CC(=O)N1N=C(c2ccc3c(c2)OCO3)C[C@@H]1c1ccccc1C. The predicted molar refractivity (Wildman–Crippen MR) is 90.2 cm³/mol. The first kappa shape index (κ1) is 14.8. The van der Waals surface area contributed by atoms with Gasteiger partial charge >= 0.3 is 0 Å². The zero-order valence-corrected chi connectivity index (χ0v) is 13.7. The summed E-state index contributed by atoms with van der Waals surface area (Å²) in [6, 6.07) is 13.8. The average Bonchev–Trinajstić information content (AvgIpc) is 3.21. The summed E-state index contributed by atoms with van der Waals surface area (Å²) in [5.41, 5.74) is 4.14. The molecule has 0 radical (unpaired) electrons. The summed E-state index contributed by atoms with van der Waals surface area (Å²) in [6.45, 7) is 3.86. The Morgan fingerprint density at radius 2 is 1.96 bits per heavy atom. The van der Waals surface area contributed by atoms with Crippen LogP contribution in [0.1, 0.15) is 36.1 Å². The summed E-state index contributed by atoms with van der Waals surface area (Å²) in [5.74, 6) is 1.42. The van der Waals surface area contributed by atoms with Gasteiger partial charge in [0.15, 0.2) is 11.5 Å². The van der Waals surface area contributed by atoms with Gasteiger partial charge in [-0.05, 0) is 36.2 Å². The minimum Gasteiger partial charge on any atom is -0.454 e. The summed E-state index contributed by atoms with van der Waals surface area (Å²) < 4.78 is 10.8. The van der Waals surface area contributed by atoms with Crippen LogP contribution in [0.25, 0.3) is 0 Å². The zero-order chi connectivity index (χ0) is 16.7. The molecular formula is C19H18N2O3. The quantitative estimate of drug-likeness (QED) is 0.851. The minimum atomic E-state index is -0.0656. The molecule has 0 saturated heterocycles. The maximum atomic E-state index is 12.1. The highest BCUT2D eigenvalue weighted by atomic mass is 16.7. The van der Waals surface area contributed by atoms with E-state index in [1.165, 1.54) is 0 Å². The molecule has 0 bridgehead atoms. The largest absolute Gasteiger partial charge is 0.454 e. The molecule has 0 aliphatic carbocycles. The van der Waals surface area contributed by atoms with Gasteiger partial charge in [-0.2, -0.15) is 5.10 Å². The number of aryl methyl sites for hydroxylation is 1. The van der Waals surface area contributed by atoms with Gasteiger partial charge < -0.3 is 9.47 Å². The molecule has 1 amide bonds. The highest BCUT2D eigenvalue weighted by Gasteiger charge is 2.32. The molecule has 0 N–H and O–H groups in total. The standard InChI is InChI=1S/C19H18N2O3/c1-12-5-3-4-6-15(12)17-10-16(20-21(17)13(2)22)14-7-8-18-19(9-14)24-11-23-18/h3-9,17H,10-11H2,1-2H3/t17-/m1/s1. The van der Waals surface area contributed by atoms with E-state index in [9.17, 15) is 4.79 Å². The summed E-state index contributed by atoms with van der Waals surface area (Å²) in [4.78, 5) is 12.1. The Labute approximate surface area is 140 Å². The third-order valence-electron chi connectivity index (χ3n) is 4.49. The van der Waals surface area contributed by atoms with E-state index in [4.69, 9.17) is 9.47 Å².